The van der Waals surface area contributed by atoms with E-state index in [-0.39, 0.29) is 24.2 Å². The minimum absolute atomic E-state index is 0.00310. The zero-order valence-electron chi connectivity index (χ0n) is 16.6. The van der Waals surface area contributed by atoms with E-state index in [9.17, 15) is 14.4 Å². The Morgan fingerprint density at radius 3 is 2.50 bits per heavy atom. The molecule has 5 rings (SSSR count). The van der Waals surface area contributed by atoms with E-state index in [1.165, 1.54) is 10.8 Å². The SMILES string of the molecule is O=C(Cn1c(=O)n(Cc2ccco2)c(=O)c2oc3ccccc3c21)Nc1ccc(Cl)cc1. The fourth-order valence-corrected chi connectivity index (χ4v) is 3.74. The lowest BCUT2D eigenvalue weighted by Crippen LogP contribution is -2.41. The average molecular weight is 450 g/mol. The van der Waals surface area contributed by atoms with Gasteiger partial charge >= 0.3 is 5.69 Å². The summed E-state index contributed by atoms with van der Waals surface area (Å²) in [6.07, 6.45) is 1.46. The van der Waals surface area contributed by atoms with Gasteiger partial charge in [-0.25, -0.2) is 9.36 Å². The minimum atomic E-state index is -0.642. The summed E-state index contributed by atoms with van der Waals surface area (Å²) in [5.41, 5.74) is 0.0177. The van der Waals surface area contributed by atoms with Crippen LogP contribution in [0.5, 0.6) is 0 Å². The molecule has 0 radical (unpaired) electrons. The number of aromatic nitrogens is 2. The van der Waals surface area contributed by atoms with Crippen molar-refractivity contribution in [3.63, 3.8) is 0 Å². The molecule has 3 aromatic heterocycles. The summed E-state index contributed by atoms with van der Waals surface area (Å²) in [4.78, 5) is 39.3. The third-order valence-electron chi connectivity index (χ3n) is 5.06. The second kappa shape index (κ2) is 7.90. The van der Waals surface area contributed by atoms with Gasteiger partial charge in [0.15, 0.2) is 0 Å². The number of para-hydroxylation sites is 1. The summed E-state index contributed by atoms with van der Waals surface area (Å²) >= 11 is 5.89. The highest BCUT2D eigenvalue weighted by Crippen LogP contribution is 2.25. The number of nitrogens with zero attached hydrogens (tertiary/aromatic N) is 2. The smallest absolute Gasteiger partial charge is 0.332 e. The molecule has 3 heterocycles. The van der Waals surface area contributed by atoms with Crippen LogP contribution in [0.25, 0.3) is 22.1 Å². The quantitative estimate of drug-likeness (QED) is 0.439. The molecule has 0 bridgehead atoms. The Bertz CT molecular complexity index is 1560. The van der Waals surface area contributed by atoms with Crippen LogP contribution >= 0.6 is 11.6 Å². The topological polar surface area (TPSA) is 99.4 Å². The molecule has 1 N–H and O–H groups in total. The molecule has 1 amide bonds. The van der Waals surface area contributed by atoms with Crippen molar-refractivity contribution >= 4 is 45.3 Å². The highest BCUT2D eigenvalue weighted by Gasteiger charge is 2.21. The Labute approximate surface area is 185 Å². The zero-order valence-corrected chi connectivity index (χ0v) is 17.3. The number of amides is 1. The Balaban J connectivity index is 1.65. The van der Waals surface area contributed by atoms with E-state index in [1.807, 2.05) is 0 Å². The number of furan rings is 2. The first-order chi connectivity index (χ1) is 15.5. The van der Waals surface area contributed by atoms with Gasteiger partial charge in [-0.05, 0) is 48.5 Å². The molecule has 0 aliphatic heterocycles. The third-order valence-corrected chi connectivity index (χ3v) is 5.32. The molecule has 0 saturated carbocycles. The van der Waals surface area contributed by atoms with E-state index in [2.05, 4.69) is 5.32 Å². The average Bonchev–Trinajstić information content (AvgIpc) is 3.44. The first-order valence-electron chi connectivity index (χ1n) is 9.74. The normalized spacial score (nSPS) is 11.3. The van der Waals surface area contributed by atoms with E-state index in [1.54, 1.807) is 60.7 Å². The number of benzene rings is 2. The number of rotatable bonds is 5. The van der Waals surface area contributed by atoms with Gasteiger partial charge in [0, 0.05) is 16.1 Å². The Kier molecular flexibility index (Phi) is 4.91. The summed E-state index contributed by atoms with van der Waals surface area (Å²) in [5.74, 6) is -0.0129. The van der Waals surface area contributed by atoms with Crippen molar-refractivity contribution in [2.45, 2.75) is 13.1 Å². The molecule has 0 unspecified atom stereocenters. The van der Waals surface area contributed by atoms with Gasteiger partial charge in [0.2, 0.25) is 11.5 Å². The van der Waals surface area contributed by atoms with Gasteiger partial charge in [-0.3, -0.25) is 14.2 Å². The zero-order chi connectivity index (χ0) is 22.2. The monoisotopic (exact) mass is 449 g/mol. The molecular formula is C23H16ClN3O5. The summed E-state index contributed by atoms with van der Waals surface area (Å²) < 4.78 is 13.3. The fraction of sp³-hybridized carbons (Fsp3) is 0.0870. The molecule has 9 heteroatoms. The number of carbonyl (C=O) groups is 1. The van der Waals surface area contributed by atoms with Gasteiger partial charge in [-0.2, -0.15) is 0 Å². The number of hydrogen-bond donors (Lipinski definition) is 1. The Hall–Kier alpha value is -4.04. The van der Waals surface area contributed by atoms with Crippen LogP contribution in [0, 0.1) is 0 Å². The molecule has 0 aliphatic carbocycles. The van der Waals surface area contributed by atoms with Gasteiger partial charge in [-0.15, -0.1) is 0 Å². The lowest BCUT2D eigenvalue weighted by atomic mass is 10.2. The van der Waals surface area contributed by atoms with Crippen LogP contribution in [-0.4, -0.2) is 15.0 Å². The first-order valence-corrected chi connectivity index (χ1v) is 10.1. The maximum absolute atomic E-state index is 13.3. The Morgan fingerprint density at radius 2 is 1.75 bits per heavy atom. The van der Waals surface area contributed by atoms with Crippen molar-refractivity contribution in [3.8, 4) is 0 Å². The van der Waals surface area contributed by atoms with Crippen LogP contribution in [-0.2, 0) is 17.9 Å². The molecule has 160 valence electrons. The highest BCUT2D eigenvalue weighted by atomic mass is 35.5. The number of fused-ring (bicyclic) bond motifs is 3. The first kappa shape index (κ1) is 19.9. The fourth-order valence-electron chi connectivity index (χ4n) is 3.62. The van der Waals surface area contributed by atoms with Crippen molar-refractivity contribution in [2.24, 2.45) is 0 Å². The molecule has 32 heavy (non-hydrogen) atoms. The summed E-state index contributed by atoms with van der Waals surface area (Å²) in [5, 5.41) is 3.84. The molecular weight excluding hydrogens is 434 g/mol. The molecule has 0 saturated heterocycles. The van der Waals surface area contributed by atoms with Crippen molar-refractivity contribution in [3.05, 3.63) is 98.5 Å². The minimum Gasteiger partial charge on any atom is -0.467 e. The van der Waals surface area contributed by atoms with E-state index < -0.39 is 17.2 Å². The van der Waals surface area contributed by atoms with Gasteiger partial charge < -0.3 is 14.2 Å². The second-order valence-electron chi connectivity index (χ2n) is 7.17. The van der Waals surface area contributed by atoms with Gasteiger partial charge in [0.05, 0.1) is 12.8 Å². The van der Waals surface area contributed by atoms with Crippen LogP contribution in [0.2, 0.25) is 5.02 Å². The number of carbonyl (C=O) groups excluding carboxylic acids is 1. The van der Waals surface area contributed by atoms with Crippen LogP contribution in [0.1, 0.15) is 5.76 Å². The highest BCUT2D eigenvalue weighted by molar-refractivity contribution is 6.30. The van der Waals surface area contributed by atoms with Crippen LogP contribution in [0.3, 0.4) is 0 Å². The number of halogens is 1. The molecule has 0 atom stereocenters. The summed E-state index contributed by atoms with van der Waals surface area (Å²) in [7, 11) is 0. The molecule has 8 nitrogen and oxygen atoms in total. The predicted octanol–water partition coefficient (Wildman–Crippen LogP) is 3.84. The lowest BCUT2D eigenvalue weighted by molar-refractivity contribution is -0.116. The molecule has 0 fully saturated rings. The van der Waals surface area contributed by atoms with Gasteiger partial charge in [0.25, 0.3) is 5.56 Å². The van der Waals surface area contributed by atoms with Gasteiger partial charge in [-0.1, -0.05) is 23.7 Å². The van der Waals surface area contributed by atoms with Gasteiger partial charge in [0.1, 0.15) is 23.4 Å². The van der Waals surface area contributed by atoms with Crippen molar-refractivity contribution in [1.29, 1.82) is 0 Å². The van der Waals surface area contributed by atoms with E-state index in [4.69, 9.17) is 20.4 Å². The third kappa shape index (κ3) is 3.50. The molecule has 0 spiro atoms. The van der Waals surface area contributed by atoms with E-state index in [0.717, 1.165) is 4.57 Å². The molecule has 5 aromatic rings. The number of anilines is 1. The Morgan fingerprint density at radius 1 is 0.969 bits per heavy atom. The van der Waals surface area contributed by atoms with Crippen molar-refractivity contribution < 1.29 is 13.6 Å². The maximum Gasteiger partial charge on any atom is 0.332 e. The summed E-state index contributed by atoms with van der Waals surface area (Å²) in [6.45, 7) is -0.406. The number of hydrogen-bond acceptors (Lipinski definition) is 5. The largest absolute Gasteiger partial charge is 0.467 e. The molecule has 0 aliphatic rings. The van der Waals surface area contributed by atoms with Crippen LogP contribution in [0.15, 0.2) is 85.4 Å². The summed E-state index contributed by atoms with van der Waals surface area (Å²) in [6, 6.07) is 16.9. The number of nitrogens with one attached hydrogen (secondary N) is 1. The van der Waals surface area contributed by atoms with Crippen LogP contribution in [0.4, 0.5) is 5.69 Å². The second-order valence-corrected chi connectivity index (χ2v) is 7.61. The van der Waals surface area contributed by atoms with E-state index >= 15 is 0 Å². The standard InChI is InChI=1S/C23H16ClN3O5/c24-14-7-9-15(10-8-14)25-19(28)13-26-20-17-5-1-2-6-18(17)32-21(20)22(29)27(23(26)30)12-16-4-3-11-31-16/h1-11H,12-13H2,(H,25,28). The van der Waals surface area contributed by atoms with Crippen molar-refractivity contribution in [1.82, 2.24) is 9.13 Å². The van der Waals surface area contributed by atoms with Crippen molar-refractivity contribution in [2.75, 3.05) is 5.32 Å². The predicted molar refractivity (Wildman–Crippen MR) is 120 cm³/mol. The van der Waals surface area contributed by atoms with Crippen LogP contribution < -0.4 is 16.6 Å². The van der Waals surface area contributed by atoms with E-state index in [0.29, 0.717) is 27.4 Å². The lowest BCUT2D eigenvalue weighted by Gasteiger charge is -2.12. The maximum atomic E-state index is 13.3. The molecule has 2 aromatic carbocycles.